The van der Waals surface area contributed by atoms with Gasteiger partial charge in [-0.15, -0.1) is 0 Å². The Morgan fingerprint density at radius 3 is 2.95 bits per heavy atom. The highest BCUT2D eigenvalue weighted by molar-refractivity contribution is 9.10. The van der Waals surface area contributed by atoms with Crippen molar-refractivity contribution >= 4 is 38.9 Å². The van der Waals surface area contributed by atoms with Crippen molar-refractivity contribution in [2.75, 3.05) is 5.73 Å². The fourth-order valence-electron chi connectivity index (χ4n) is 1.84. The maximum atomic E-state index is 12.2. The van der Waals surface area contributed by atoms with Crippen LogP contribution in [0.5, 0.6) is 0 Å². The third-order valence-corrected chi connectivity index (χ3v) is 4.39. The Hall–Kier alpha value is -1.33. The van der Waals surface area contributed by atoms with Crippen molar-refractivity contribution in [2.45, 2.75) is 19.4 Å². The Kier molecular flexibility index (Phi) is 4.61. The van der Waals surface area contributed by atoms with E-state index in [2.05, 4.69) is 32.7 Å². The van der Waals surface area contributed by atoms with E-state index in [4.69, 9.17) is 5.73 Å². The third-order valence-electron chi connectivity index (χ3n) is 2.77. The molecule has 1 heterocycles. The Labute approximate surface area is 125 Å². The van der Waals surface area contributed by atoms with Gasteiger partial charge >= 0.3 is 0 Å². The van der Waals surface area contributed by atoms with E-state index in [-0.39, 0.29) is 11.9 Å². The highest BCUT2D eigenvalue weighted by Crippen LogP contribution is 2.23. The number of thiophene rings is 1. The molecule has 19 heavy (non-hydrogen) atoms. The van der Waals surface area contributed by atoms with Crippen LogP contribution in [0.25, 0.3) is 0 Å². The number of nitrogens with one attached hydrogen (secondary N) is 1. The molecule has 0 saturated carbocycles. The summed E-state index contributed by atoms with van der Waals surface area (Å²) in [5.74, 6) is -0.109. The molecule has 1 atom stereocenters. The molecule has 2 aromatic rings. The van der Waals surface area contributed by atoms with E-state index in [9.17, 15) is 4.79 Å². The van der Waals surface area contributed by atoms with E-state index in [1.807, 2.05) is 12.3 Å². The van der Waals surface area contributed by atoms with Gasteiger partial charge in [0.25, 0.3) is 5.91 Å². The number of rotatable bonds is 4. The lowest BCUT2D eigenvalue weighted by atomic mass is 10.1. The number of halogens is 1. The van der Waals surface area contributed by atoms with Crippen molar-refractivity contribution < 1.29 is 4.79 Å². The highest BCUT2D eigenvalue weighted by Gasteiger charge is 2.14. The van der Waals surface area contributed by atoms with Gasteiger partial charge in [0.2, 0.25) is 0 Å². The Morgan fingerprint density at radius 2 is 2.26 bits per heavy atom. The lowest BCUT2D eigenvalue weighted by Crippen LogP contribution is -2.34. The first-order valence-electron chi connectivity index (χ1n) is 5.94. The van der Waals surface area contributed by atoms with Gasteiger partial charge in [-0.1, -0.05) is 6.07 Å². The molecule has 0 spiro atoms. The van der Waals surface area contributed by atoms with Gasteiger partial charge in [0.15, 0.2) is 0 Å². The number of nitrogens with two attached hydrogens (primary N) is 1. The minimum atomic E-state index is -0.109. The zero-order valence-corrected chi connectivity index (χ0v) is 12.9. The van der Waals surface area contributed by atoms with Crippen LogP contribution in [0.15, 0.2) is 39.5 Å². The van der Waals surface area contributed by atoms with Gasteiger partial charge in [0, 0.05) is 11.7 Å². The Balaban J connectivity index is 2.02. The second-order valence-corrected chi connectivity index (χ2v) is 5.99. The number of carbonyl (C=O) groups is 1. The Morgan fingerprint density at radius 1 is 1.47 bits per heavy atom. The van der Waals surface area contributed by atoms with Crippen LogP contribution in [0, 0.1) is 0 Å². The van der Waals surface area contributed by atoms with E-state index < -0.39 is 0 Å². The fraction of sp³-hybridized carbons (Fsp3) is 0.214. The number of hydrogen-bond donors (Lipinski definition) is 2. The minimum absolute atomic E-state index is 0.0791. The molecule has 1 unspecified atom stereocenters. The molecule has 1 aromatic carbocycles. The van der Waals surface area contributed by atoms with Gasteiger partial charge in [-0.2, -0.15) is 11.3 Å². The van der Waals surface area contributed by atoms with Crippen molar-refractivity contribution in [1.82, 2.24) is 5.32 Å². The summed E-state index contributed by atoms with van der Waals surface area (Å²) in [6.07, 6.45) is 0.829. The van der Waals surface area contributed by atoms with Crippen LogP contribution >= 0.6 is 27.3 Å². The molecule has 3 nitrogen and oxygen atoms in total. The number of carbonyl (C=O) groups excluding carboxylic acids is 1. The van der Waals surface area contributed by atoms with Crippen LogP contribution < -0.4 is 11.1 Å². The molecule has 0 radical (unpaired) electrons. The largest absolute Gasteiger partial charge is 0.398 e. The lowest BCUT2D eigenvalue weighted by Gasteiger charge is -2.14. The molecule has 5 heteroatoms. The molecular formula is C14H15BrN2OS. The van der Waals surface area contributed by atoms with Crippen LogP contribution in [-0.4, -0.2) is 11.9 Å². The molecule has 0 aliphatic carbocycles. The maximum Gasteiger partial charge on any atom is 0.252 e. The van der Waals surface area contributed by atoms with Crippen molar-refractivity contribution in [3.05, 3.63) is 50.6 Å². The predicted molar refractivity (Wildman–Crippen MR) is 83.5 cm³/mol. The lowest BCUT2D eigenvalue weighted by molar-refractivity contribution is 0.0939. The fourth-order valence-corrected chi connectivity index (χ4v) is 2.97. The smallest absolute Gasteiger partial charge is 0.252 e. The zero-order valence-electron chi connectivity index (χ0n) is 10.5. The second kappa shape index (κ2) is 6.21. The molecule has 1 aromatic heterocycles. The van der Waals surface area contributed by atoms with Gasteiger partial charge in [-0.05, 0) is 63.8 Å². The van der Waals surface area contributed by atoms with E-state index >= 15 is 0 Å². The quantitative estimate of drug-likeness (QED) is 0.839. The van der Waals surface area contributed by atoms with Crippen LogP contribution in [-0.2, 0) is 6.42 Å². The third kappa shape index (κ3) is 3.58. The first-order chi connectivity index (χ1) is 9.08. The second-order valence-electron chi connectivity index (χ2n) is 4.42. The molecule has 0 saturated heterocycles. The number of amides is 1. The van der Waals surface area contributed by atoms with Crippen LogP contribution in [0.4, 0.5) is 5.69 Å². The van der Waals surface area contributed by atoms with Crippen LogP contribution in [0.1, 0.15) is 22.8 Å². The maximum absolute atomic E-state index is 12.2. The van der Waals surface area contributed by atoms with E-state index in [0.717, 1.165) is 6.42 Å². The topological polar surface area (TPSA) is 55.1 Å². The van der Waals surface area contributed by atoms with Crippen molar-refractivity contribution in [2.24, 2.45) is 0 Å². The summed E-state index contributed by atoms with van der Waals surface area (Å²) in [4.78, 5) is 12.2. The molecule has 1 amide bonds. The average Bonchev–Trinajstić information content (AvgIpc) is 2.85. The van der Waals surface area contributed by atoms with Crippen molar-refractivity contribution in [3.8, 4) is 0 Å². The number of hydrogen-bond acceptors (Lipinski definition) is 3. The standard InChI is InChI=1S/C14H15BrN2OS/c1-9(7-10-5-6-19-8-10)17-14(18)11-3-2-4-12(16)13(11)15/h2-6,8-9H,7,16H2,1H3,(H,17,18). The summed E-state index contributed by atoms with van der Waals surface area (Å²) in [5, 5.41) is 7.12. The van der Waals surface area contributed by atoms with Crippen molar-refractivity contribution in [3.63, 3.8) is 0 Å². The van der Waals surface area contributed by atoms with Gasteiger partial charge in [-0.25, -0.2) is 0 Å². The molecule has 0 fully saturated rings. The first kappa shape index (κ1) is 14.1. The summed E-state index contributed by atoms with van der Waals surface area (Å²) >= 11 is 5.01. The van der Waals surface area contributed by atoms with Gasteiger partial charge < -0.3 is 11.1 Å². The molecule has 0 aliphatic heterocycles. The zero-order chi connectivity index (χ0) is 13.8. The molecule has 0 bridgehead atoms. The number of nitrogen functional groups attached to an aromatic ring is 1. The number of benzene rings is 1. The normalized spacial score (nSPS) is 12.1. The van der Waals surface area contributed by atoms with E-state index in [1.54, 1.807) is 29.5 Å². The molecule has 0 aliphatic rings. The van der Waals surface area contributed by atoms with Crippen LogP contribution in [0.3, 0.4) is 0 Å². The molecule has 3 N–H and O–H groups in total. The summed E-state index contributed by atoms with van der Waals surface area (Å²) < 4.78 is 0.648. The molecule has 2 rings (SSSR count). The SMILES string of the molecule is CC(Cc1ccsc1)NC(=O)c1cccc(N)c1Br. The highest BCUT2D eigenvalue weighted by atomic mass is 79.9. The average molecular weight is 339 g/mol. The summed E-state index contributed by atoms with van der Waals surface area (Å²) in [6, 6.07) is 7.45. The van der Waals surface area contributed by atoms with E-state index in [0.29, 0.717) is 15.7 Å². The number of anilines is 1. The van der Waals surface area contributed by atoms with Gasteiger partial charge in [0.1, 0.15) is 0 Å². The summed E-state index contributed by atoms with van der Waals surface area (Å²) in [5.41, 5.74) is 8.15. The Bertz CT molecular complexity index is 569. The molecule has 100 valence electrons. The summed E-state index contributed by atoms with van der Waals surface area (Å²) in [7, 11) is 0. The predicted octanol–water partition coefficient (Wildman–Crippen LogP) is 3.45. The molecular weight excluding hydrogens is 324 g/mol. The van der Waals surface area contributed by atoms with Crippen LogP contribution in [0.2, 0.25) is 0 Å². The van der Waals surface area contributed by atoms with E-state index in [1.165, 1.54) is 5.56 Å². The first-order valence-corrected chi connectivity index (χ1v) is 7.67. The van der Waals surface area contributed by atoms with Crippen molar-refractivity contribution in [1.29, 1.82) is 0 Å². The summed E-state index contributed by atoms with van der Waals surface area (Å²) in [6.45, 7) is 2.00. The monoisotopic (exact) mass is 338 g/mol. The van der Waals surface area contributed by atoms with Gasteiger partial charge in [0.05, 0.1) is 10.0 Å². The van der Waals surface area contributed by atoms with Gasteiger partial charge in [-0.3, -0.25) is 4.79 Å². The minimum Gasteiger partial charge on any atom is -0.398 e.